The number of carbonyl (C=O) groups is 1. The summed E-state index contributed by atoms with van der Waals surface area (Å²) in [4.78, 5) is 16.8. The fraction of sp³-hybridized carbons (Fsp3) is 0.368. The summed E-state index contributed by atoms with van der Waals surface area (Å²) in [6.07, 6.45) is 2.81. The van der Waals surface area contributed by atoms with Crippen molar-refractivity contribution in [1.82, 2.24) is 4.98 Å². The van der Waals surface area contributed by atoms with Crippen LogP contribution in [0.2, 0.25) is 0 Å². The van der Waals surface area contributed by atoms with E-state index in [9.17, 15) is 18.0 Å². The van der Waals surface area contributed by atoms with Gasteiger partial charge >= 0.3 is 6.18 Å². The van der Waals surface area contributed by atoms with E-state index in [1.54, 1.807) is 18.3 Å². The fourth-order valence-corrected chi connectivity index (χ4v) is 3.08. The lowest BCUT2D eigenvalue weighted by Gasteiger charge is -2.24. The van der Waals surface area contributed by atoms with Crippen LogP contribution < -0.4 is 10.6 Å². The van der Waals surface area contributed by atoms with Gasteiger partial charge in [0.1, 0.15) is 5.82 Å². The number of nitrogens with one attached hydrogen (secondary N) is 2. The molecule has 0 unspecified atom stereocenters. The molecule has 1 fully saturated rings. The molecular formula is C19H20F3N3O. The molecule has 7 heteroatoms. The molecule has 1 amide bonds. The summed E-state index contributed by atoms with van der Waals surface area (Å²) in [6.45, 7) is 0. The SMILES string of the molecule is O=C(Nc1ccc(C(F)(F)F)cc1)c1cccnc1NC1CCCCC1. The van der Waals surface area contributed by atoms with E-state index < -0.39 is 17.6 Å². The molecule has 0 atom stereocenters. The van der Waals surface area contributed by atoms with E-state index in [4.69, 9.17) is 0 Å². The highest BCUT2D eigenvalue weighted by Crippen LogP contribution is 2.30. The zero-order valence-electron chi connectivity index (χ0n) is 14.1. The predicted octanol–water partition coefficient (Wildman–Crippen LogP) is 5.10. The van der Waals surface area contributed by atoms with Crippen LogP contribution in [-0.4, -0.2) is 16.9 Å². The van der Waals surface area contributed by atoms with Crippen LogP contribution in [-0.2, 0) is 6.18 Å². The van der Waals surface area contributed by atoms with Crippen molar-refractivity contribution in [3.8, 4) is 0 Å². The molecule has 0 radical (unpaired) electrons. The molecule has 0 spiro atoms. The van der Waals surface area contributed by atoms with Crippen molar-refractivity contribution in [1.29, 1.82) is 0 Å². The van der Waals surface area contributed by atoms with Gasteiger partial charge in [-0.25, -0.2) is 4.98 Å². The first-order valence-electron chi connectivity index (χ1n) is 8.63. The number of anilines is 2. The highest BCUT2D eigenvalue weighted by molar-refractivity contribution is 6.07. The van der Waals surface area contributed by atoms with Gasteiger partial charge < -0.3 is 10.6 Å². The van der Waals surface area contributed by atoms with Gasteiger partial charge in [0.15, 0.2) is 0 Å². The molecule has 2 N–H and O–H groups in total. The van der Waals surface area contributed by atoms with E-state index in [0.29, 0.717) is 17.1 Å². The van der Waals surface area contributed by atoms with Crippen molar-refractivity contribution in [2.24, 2.45) is 0 Å². The van der Waals surface area contributed by atoms with Crippen molar-refractivity contribution in [3.05, 3.63) is 53.7 Å². The van der Waals surface area contributed by atoms with Crippen molar-refractivity contribution in [2.75, 3.05) is 10.6 Å². The second-order valence-electron chi connectivity index (χ2n) is 6.41. The minimum atomic E-state index is -4.40. The van der Waals surface area contributed by atoms with E-state index in [-0.39, 0.29) is 6.04 Å². The first kappa shape index (κ1) is 18.2. The zero-order valence-corrected chi connectivity index (χ0v) is 14.1. The molecule has 2 aromatic rings. The van der Waals surface area contributed by atoms with Crippen LogP contribution in [0.25, 0.3) is 0 Å². The number of carbonyl (C=O) groups excluding carboxylic acids is 1. The number of pyridine rings is 1. The van der Waals surface area contributed by atoms with Gasteiger partial charge in [0.25, 0.3) is 5.91 Å². The van der Waals surface area contributed by atoms with Crippen LogP contribution in [0.4, 0.5) is 24.7 Å². The third-order valence-corrected chi connectivity index (χ3v) is 4.47. The highest BCUT2D eigenvalue weighted by atomic mass is 19.4. The minimum Gasteiger partial charge on any atom is -0.367 e. The normalized spacial score (nSPS) is 15.5. The molecule has 1 aliphatic carbocycles. The van der Waals surface area contributed by atoms with Gasteiger partial charge in [-0.1, -0.05) is 19.3 Å². The number of amides is 1. The second kappa shape index (κ2) is 7.76. The Hall–Kier alpha value is -2.57. The highest BCUT2D eigenvalue weighted by Gasteiger charge is 2.30. The molecule has 1 heterocycles. The molecule has 4 nitrogen and oxygen atoms in total. The first-order chi connectivity index (χ1) is 12.4. The Balaban J connectivity index is 1.71. The summed E-state index contributed by atoms with van der Waals surface area (Å²) >= 11 is 0. The summed E-state index contributed by atoms with van der Waals surface area (Å²) in [5.41, 5.74) is -0.0787. The van der Waals surface area contributed by atoms with E-state index in [1.807, 2.05) is 0 Å². The number of hydrogen-bond donors (Lipinski definition) is 2. The largest absolute Gasteiger partial charge is 0.416 e. The monoisotopic (exact) mass is 363 g/mol. The summed E-state index contributed by atoms with van der Waals surface area (Å²) in [5.74, 6) is 0.0972. The molecule has 0 saturated heterocycles. The van der Waals surface area contributed by atoms with Crippen molar-refractivity contribution < 1.29 is 18.0 Å². The first-order valence-corrected chi connectivity index (χ1v) is 8.63. The Bertz CT molecular complexity index is 753. The van der Waals surface area contributed by atoms with Gasteiger partial charge in [0.2, 0.25) is 0 Å². The van der Waals surface area contributed by atoms with E-state index in [1.165, 1.54) is 18.6 Å². The van der Waals surface area contributed by atoms with Gasteiger partial charge in [-0.05, 0) is 49.2 Å². The van der Waals surface area contributed by atoms with E-state index in [0.717, 1.165) is 37.8 Å². The summed E-state index contributed by atoms with van der Waals surface area (Å²) in [7, 11) is 0. The van der Waals surface area contributed by atoms with Gasteiger partial charge in [0.05, 0.1) is 11.1 Å². The number of rotatable bonds is 4. The number of halogens is 3. The van der Waals surface area contributed by atoms with Gasteiger partial charge in [-0.3, -0.25) is 4.79 Å². The van der Waals surface area contributed by atoms with Gasteiger partial charge in [-0.2, -0.15) is 13.2 Å². The quantitative estimate of drug-likeness (QED) is 0.795. The maximum Gasteiger partial charge on any atom is 0.416 e. The van der Waals surface area contributed by atoms with Gasteiger partial charge in [-0.15, -0.1) is 0 Å². The third-order valence-electron chi connectivity index (χ3n) is 4.47. The van der Waals surface area contributed by atoms with Crippen molar-refractivity contribution in [3.63, 3.8) is 0 Å². The Kier molecular flexibility index (Phi) is 5.44. The number of hydrogen-bond acceptors (Lipinski definition) is 3. The Morgan fingerprint density at radius 2 is 1.73 bits per heavy atom. The molecule has 0 aliphatic heterocycles. The predicted molar refractivity (Wildman–Crippen MR) is 94.1 cm³/mol. The van der Waals surface area contributed by atoms with E-state index >= 15 is 0 Å². The lowest BCUT2D eigenvalue weighted by molar-refractivity contribution is -0.137. The summed E-state index contributed by atoms with van der Waals surface area (Å²) < 4.78 is 37.9. The van der Waals surface area contributed by atoms with Crippen LogP contribution >= 0.6 is 0 Å². The van der Waals surface area contributed by atoms with Crippen LogP contribution in [0.15, 0.2) is 42.6 Å². The fourth-order valence-electron chi connectivity index (χ4n) is 3.08. The Morgan fingerprint density at radius 3 is 2.38 bits per heavy atom. The molecule has 3 rings (SSSR count). The summed E-state index contributed by atoms with van der Waals surface area (Å²) in [6, 6.07) is 7.97. The summed E-state index contributed by atoms with van der Waals surface area (Å²) in [5, 5.41) is 5.95. The third kappa shape index (κ3) is 4.53. The standard InChI is InChI=1S/C19H20F3N3O/c20-19(21,22)13-8-10-15(11-9-13)25-18(26)16-7-4-12-23-17(16)24-14-5-2-1-3-6-14/h4,7-12,14H,1-3,5-6H2,(H,23,24)(H,25,26). The van der Waals surface area contributed by atoms with Crippen LogP contribution in [0.5, 0.6) is 0 Å². The molecular weight excluding hydrogens is 343 g/mol. The van der Waals surface area contributed by atoms with Crippen LogP contribution in [0.1, 0.15) is 48.0 Å². The maximum atomic E-state index is 12.6. The van der Waals surface area contributed by atoms with Crippen molar-refractivity contribution in [2.45, 2.75) is 44.3 Å². The Morgan fingerprint density at radius 1 is 1.04 bits per heavy atom. The molecule has 1 saturated carbocycles. The molecule has 138 valence electrons. The number of benzene rings is 1. The van der Waals surface area contributed by atoms with Crippen LogP contribution in [0.3, 0.4) is 0 Å². The molecule has 26 heavy (non-hydrogen) atoms. The average Bonchev–Trinajstić information content (AvgIpc) is 2.63. The lowest BCUT2D eigenvalue weighted by Crippen LogP contribution is -2.25. The Labute approximate surface area is 149 Å². The molecule has 1 aromatic heterocycles. The lowest BCUT2D eigenvalue weighted by atomic mass is 9.95. The van der Waals surface area contributed by atoms with Gasteiger partial charge in [0, 0.05) is 17.9 Å². The number of aromatic nitrogens is 1. The number of nitrogens with zero attached hydrogens (tertiary/aromatic N) is 1. The smallest absolute Gasteiger partial charge is 0.367 e. The minimum absolute atomic E-state index is 0.288. The number of alkyl halides is 3. The molecule has 1 aromatic carbocycles. The topological polar surface area (TPSA) is 54.0 Å². The maximum absolute atomic E-state index is 12.6. The second-order valence-corrected chi connectivity index (χ2v) is 6.41. The average molecular weight is 363 g/mol. The molecule has 1 aliphatic rings. The van der Waals surface area contributed by atoms with Crippen LogP contribution in [0, 0.1) is 0 Å². The zero-order chi connectivity index (χ0) is 18.6. The van der Waals surface area contributed by atoms with Crippen molar-refractivity contribution >= 4 is 17.4 Å². The van der Waals surface area contributed by atoms with E-state index in [2.05, 4.69) is 15.6 Å². The molecule has 0 bridgehead atoms.